The number of hydrogen-bond donors (Lipinski definition) is 2. The molecule has 0 aliphatic rings. The van der Waals surface area contributed by atoms with Crippen molar-refractivity contribution in [2.45, 2.75) is 17.9 Å². The molecule has 0 saturated carbocycles. The number of benzene rings is 4. The van der Waals surface area contributed by atoms with Gasteiger partial charge < -0.3 is 5.32 Å². The number of anilines is 1. The SMILES string of the molecule is Cc1ccccc1[C@@H](NC(=O)c1ccc(Cl)c(S(=O)(=O)Nc2ccccc2)c1)c1ccccc1. The number of hydrogen-bond acceptors (Lipinski definition) is 3. The van der Waals surface area contributed by atoms with E-state index in [0.717, 1.165) is 16.7 Å². The Morgan fingerprint density at radius 2 is 1.44 bits per heavy atom. The zero-order valence-electron chi connectivity index (χ0n) is 18.4. The molecule has 0 radical (unpaired) electrons. The normalized spacial score (nSPS) is 12.1. The number of rotatable bonds is 7. The van der Waals surface area contributed by atoms with Gasteiger partial charge in [-0.05, 0) is 53.9 Å². The highest BCUT2D eigenvalue weighted by atomic mass is 35.5. The summed E-state index contributed by atoms with van der Waals surface area (Å²) in [4.78, 5) is 13.1. The van der Waals surface area contributed by atoms with Crippen LogP contribution in [0.15, 0.2) is 108 Å². The maximum Gasteiger partial charge on any atom is 0.263 e. The van der Waals surface area contributed by atoms with E-state index in [0.29, 0.717) is 5.69 Å². The monoisotopic (exact) mass is 490 g/mol. The van der Waals surface area contributed by atoms with Crippen LogP contribution in [0.1, 0.15) is 33.1 Å². The predicted molar refractivity (Wildman–Crippen MR) is 136 cm³/mol. The van der Waals surface area contributed by atoms with E-state index >= 15 is 0 Å². The Morgan fingerprint density at radius 3 is 2.12 bits per heavy atom. The van der Waals surface area contributed by atoms with Crippen LogP contribution in [0.5, 0.6) is 0 Å². The first-order chi connectivity index (χ1) is 16.3. The number of aryl methyl sites for hydroxylation is 1. The summed E-state index contributed by atoms with van der Waals surface area (Å²) in [6, 6.07) is 29.8. The van der Waals surface area contributed by atoms with E-state index in [2.05, 4.69) is 10.0 Å². The smallest absolute Gasteiger partial charge is 0.263 e. The average Bonchev–Trinajstić information content (AvgIpc) is 2.84. The third kappa shape index (κ3) is 5.30. The van der Waals surface area contributed by atoms with Gasteiger partial charge in [0.05, 0.1) is 11.1 Å². The standard InChI is InChI=1S/C27H23ClN2O3S/c1-19-10-8-9-15-23(19)26(20-11-4-2-5-12-20)29-27(31)21-16-17-24(28)25(18-21)34(32,33)30-22-13-6-3-7-14-22/h2-18,26,30H,1H3,(H,29,31)/t26-/m0/s1. The van der Waals surface area contributed by atoms with Gasteiger partial charge in [0.2, 0.25) is 0 Å². The summed E-state index contributed by atoms with van der Waals surface area (Å²) in [5.74, 6) is -0.412. The third-order valence-corrected chi connectivity index (χ3v) is 7.28. The fourth-order valence-electron chi connectivity index (χ4n) is 3.68. The van der Waals surface area contributed by atoms with Gasteiger partial charge in [-0.2, -0.15) is 0 Å². The molecule has 0 spiro atoms. The van der Waals surface area contributed by atoms with Crippen LogP contribution in [0.4, 0.5) is 5.69 Å². The van der Waals surface area contributed by atoms with Crippen LogP contribution < -0.4 is 10.0 Å². The molecule has 0 unspecified atom stereocenters. The van der Waals surface area contributed by atoms with Gasteiger partial charge in [-0.15, -0.1) is 0 Å². The Morgan fingerprint density at radius 1 is 0.824 bits per heavy atom. The summed E-state index contributed by atoms with van der Waals surface area (Å²) in [6.07, 6.45) is 0. The summed E-state index contributed by atoms with van der Waals surface area (Å²) < 4.78 is 28.5. The Kier molecular flexibility index (Phi) is 7.01. The summed E-state index contributed by atoms with van der Waals surface area (Å²) in [7, 11) is -4.00. The number of sulfonamides is 1. The van der Waals surface area contributed by atoms with Crippen molar-refractivity contribution in [3.05, 3.63) is 130 Å². The van der Waals surface area contributed by atoms with Gasteiger partial charge in [-0.25, -0.2) is 8.42 Å². The Bertz CT molecular complexity index is 1410. The van der Waals surface area contributed by atoms with Crippen LogP contribution in [0.2, 0.25) is 5.02 Å². The van der Waals surface area contributed by atoms with E-state index in [1.54, 1.807) is 30.3 Å². The molecule has 4 rings (SSSR count). The fourth-order valence-corrected chi connectivity index (χ4v) is 5.26. The number of carbonyl (C=O) groups is 1. The molecular formula is C27H23ClN2O3S. The van der Waals surface area contributed by atoms with Crippen molar-refractivity contribution >= 4 is 33.2 Å². The topological polar surface area (TPSA) is 75.3 Å². The van der Waals surface area contributed by atoms with Crippen molar-refractivity contribution in [1.82, 2.24) is 5.32 Å². The van der Waals surface area contributed by atoms with Crippen molar-refractivity contribution in [3.63, 3.8) is 0 Å². The second-order valence-corrected chi connectivity index (χ2v) is 9.85. The lowest BCUT2D eigenvalue weighted by atomic mass is 9.94. The van der Waals surface area contributed by atoms with Crippen molar-refractivity contribution < 1.29 is 13.2 Å². The molecule has 4 aromatic carbocycles. The molecule has 34 heavy (non-hydrogen) atoms. The molecule has 0 bridgehead atoms. The Hall–Kier alpha value is -3.61. The first-order valence-corrected chi connectivity index (χ1v) is 12.5. The van der Waals surface area contributed by atoms with Gasteiger partial charge in [0.25, 0.3) is 15.9 Å². The number of carbonyl (C=O) groups excluding carboxylic acids is 1. The van der Waals surface area contributed by atoms with Crippen LogP contribution in [-0.4, -0.2) is 14.3 Å². The molecule has 1 atom stereocenters. The lowest BCUT2D eigenvalue weighted by molar-refractivity contribution is 0.0942. The molecule has 172 valence electrons. The lowest BCUT2D eigenvalue weighted by Gasteiger charge is -2.22. The quantitative estimate of drug-likeness (QED) is 0.335. The van der Waals surface area contributed by atoms with Gasteiger partial charge in [-0.1, -0.05) is 84.4 Å². The summed E-state index contributed by atoms with van der Waals surface area (Å²) in [6.45, 7) is 1.99. The largest absolute Gasteiger partial charge is 0.341 e. The van der Waals surface area contributed by atoms with Crippen molar-refractivity contribution in [3.8, 4) is 0 Å². The zero-order chi connectivity index (χ0) is 24.1. The highest BCUT2D eigenvalue weighted by molar-refractivity contribution is 7.92. The molecule has 0 fully saturated rings. The van der Waals surface area contributed by atoms with Crippen molar-refractivity contribution in [1.29, 1.82) is 0 Å². The van der Waals surface area contributed by atoms with Gasteiger partial charge in [0, 0.05) is 11.3 Å². The molecule has 0 heterocycles. The first kappa shape index (κ1) is 23.5. The van der Waals surface area contributed by atoms with Gasteiger partial charge in [-0.3, -0.25) is 9.52 Å². The summed E-state index contributed by atoms with van der Waals surface area (Å²) in [5.41, 5.74) is 3.49. The minimum absolute atomic E-state index is 0.0264. The van der Waals surface area contributed by atoms with Crippen LogP contribution in [0, 0.1) is 6.92 Å². The van der Waals surface area contributed by atoms with Crippen molar-refractivity contribution in [2.24, 2.45) is 0 Å². The first-order valence-electron chi connectivity index (χ1n) is 10.6. The molecule has 0 aliphatic heterocycles. The van der Waals surface area contributed by atoms with E-state index in [-0.39, 0.29) is 15.5 Å². The molecule has 5 nitrogen and oxygen atoms in total. The van der Waals surface area contributed by atoms with Gasteiger partial charge >= 0.3 is 0 Å². The van der Waals surface area contributed by atoms with E-state index in [9.17, 15) is 13.2 Å². The molecular weight excluding hydrogens is 468 g/mol. The van der Waals surface area contributed by atoms with Crippen LogP contribution >= 0.6 is 11.6 Å². The number of nitrogens with one attached hydrogen (secondary N) is 2. The fraction of sp³-hybridized carbons (Fsp3) is 0.0741. The van der Waals surface area contributed by atoms with Gasteiger partial charge in [0.1, 0.15) is 4.90 Å². The van der Waals surface area contributed by atoms with Crippen LogP contribution in [0.3, 0.4) is 0 Å². The second-order valence-electron chi connectivity index (χ2n) is 7.79. The minimum atomic E-state index is -4.00. The zero-order valence-corrected chi connectivity index (χ0v) is 20.0. The van der Waals surface area contributed by atoms with E-state index < -0.39 is 22.0 Å². The molecule has 0 aliphatic carbocycles. The maximum atomic E-state index is 13.3. The Balaban J connectivity index is 1.66. The molecule has 0 aromatic heterocycles. The number of amides is 1. The second kappa shape index (κ2) is 10.1. The van der Waals surface area contributed by atoms with E-state index in [1.807, 2.05) is 61.5 Å². The summed E-state index contributed by atoms with van der Waals surface area (Å²) >= 11 is 6.22. The Labute approximate surface area is 204 Å². The van der Waals surface area contributed by atoms with Crippen LogP contribution in [-0.2, 0) is 10.0 Å². The summed E-state index contributed by atoms with van der Waals surface area (Å²) in [5, 5.41) is 3.08. The van der Waals surface area contributed by atoms with E-state index in [4.69, 9.17) is 11.6 Å². The van der Waals surface area contributed by atoms with Gasteiger partial charge in [0.15, 0.2) is 0 Å². The average molecular weight is 491 g/mol. The number of halogens is 1. The highest BCUT2D eigenvalue weighted by Gasteiger charge is 2.23. The third-order valence-electron chi connectivity index (χ3n) is 5.42. The van der Waals surface area contributed by atoms with E-state index in [1.165, 1.54) is 18.2 Å². The van der Waals surface area contributed by atoms with Crippen molar-refractivity contribution in [2.75, 3.05) is 4.72 Å². The molecule has 2 N–H and O–H groups in total. The maximum absolute atomic E-state index is 13.3. The number of para-hydroxylation sites is 1. The molecule has 0 saturated heterocycles. The molecule has 1 amide bonds. The lowest BCUT2D eigenvalue weighted by Crippen LogP contribution is -2.30. The highest BCUT2D eigenvalue weighted by Crippen LogP contribution is 2.28. The molecule has 7 heteroatoms. The van der Waals surface area contributed by atoms with Crippen LogP contribution in [0.25, 0.3) is 0 Å². The molecule has 4 aromatic rings. The predicted octanol–water partition coefficient (Wildman–Crippen LogP) is 5.97. The minimum Gasteiger partial charge on any atom is -0.341 e.